The van der Waals surface area contributed by atoms with Crippen molar-refractivity contribution in [1.29, 1.82) is 0 Å². The summed E-state index contributed by atoms with van der Waals surface area (Å²) in [6.45, 7) is 4.16. The van der Waals surface area contributed by atoms with Crippen LogP contribution in [0.4, 0.5) is 0 Å². The van der Waals surface area contributed by atoms with Gasteiger partial charge in [-0.15, -0.1) is 0 Å². The molecule has 0 aromatic heterocycles. The SMILES string of the molecule is CCOc1cc2c(cc1C(O)C(=O)O)OC(C)C2. The van der Waals surface area contributed by atoms with Gasteiger partial charge in [0.1, 0.15) is 17.6 Å². The average molecular weight is 252 g/mol. The molecule has 0 saturated heterocycles. The molecule has 0 saturated carbocycles. The Morgan fingerprint density at radius 1 is 1.61 bits per heavy atom. The molecule has 0 spiro atoms. The van der Waals surface area contributed by atoms with E-state index in [2.05, 4.69) is 0 Å². The van der Waals surface area contributed by atoms with Gasteiger partial charge >= 0.3 is 5.97 Å². The molecule has 5 heteroatoms. The van der Waals surface area contributed by atoms with Crippen molar-refractivity contribution in [3.63, 3.8) is 0 Å². The number of aliphatic carboxylic acids is 1. The summed E-state index contributed by atoms with van der Waals surface area (Å²) in [5.74, 6) is -0.271. The molecule has 1 aliphatic rings. The highest BCUT2D eigenvalue weighted by Crippen LogP contribution is 2.37. The molecule has 2 N–H and O–H groups in total. The van der Waals surface area contributed by atoms with Gasteiger partial charge < -0.3 is 19.7 Å². The van der Waals surface area contributed by atoms with Crippen LogP contribution in [0.5, 0.6) is 11.5 Å². The van der Waals surface area contributed by atoms with Crippen molar-refractivity contribution in [2.75, 3.05) is 6.61 Å². The molecular formula is C13H16O5. The molecule has 98 valence electrons. The van der Waals surface area contributed by atoms with E-state index < -0.39 is 12.1 Å². The lowest BCUT2D eigenvalue weighted by molar-refractivity contribution is -0.147. The maximum Gasteiger partial charge on any atom is 0.337 e. The zero-order valence-electron chi connectivity index (χ0n) is 10.3. The number of carbonyl (C=O) groups is 1. The maximum absolute atomic E-state index is 10.9. The summed E-state index contributed by atoms with van der Waals surface area (Å²) >= 11 is 0. The second-order valence-corrected chi connectivity index (χ2v) is 4.30. The summed E-state index contributed by atoms with van der Waals surface area (Å²) in [6.07, 6.45) is -0.776. The van der Waals surface area contributed by atoms with Gasteiger partial charge in [-0.1, -0.05) is 0 Å². The molecule has 0 amide bonds. The van der Waals surface area contributed by atoms with Gasteiger partial charge in [0.05, 0.1) is 6.61 Å². The van der Waals surface area contributed by atoms with Crippen LogP contribution in [-0.4, -0.2) is 28.9 Å². The first-order valence-electron chi connectivity index (χ1n) is 5.90. The number of carboxylic acid groups (broad SMARTS) is 1. The Hall–Kier alpha value is -1.75. The van der Waals surface area contributed by atoms with E-state index in [4.69, 9.17) is 14.6 Å². The number of rotatable bonds is 4. The first kappa shape index (κ1) is 12.7. The first-order chi connectivity index (χ1) is 8.52. The van der Waals surface area contributed by atoms with Gasteiger partial charge in [0, 0.05) is 17.5 Å². The quantitative estimate of drug-likeness (QED) is 0.849. The van der Waals surface area contributed by atoms with Crippen molar-refractivity contribution < 1.29 is 24.5 Å². The monoisotopic (exact) mass is 252 g/mol. The van der Waals surface area contributed by atoms with Crippen LogP contribution in [0.25, 0.3) is 0 Å². The molecule has 1 heterocycles. The summed E-state index contributed by atoms with van der Waals surface area (Å²) in [5.41, 5.74) is 1.21. The molecule has 1 aliphatic heterocycles. The number of ether oxygens (including phenoxy) is 2. The van der Waals surface area contributed by atoms with Gasteiger partial charge in [0.15, 0.2) is 6.10 Å². The third-order valence-corrected chi connectivity index (χ3v) is 2.86. The highest BCUT2D eigenvalue weighted by atomic mass is 16.5. The van der Waals surface area contributed by atoms with Crippen molar-refractivity contribution in [3.8, 4) is 11.5 Å². The van der Waals surface area contributed by atoms with E-state index in [0.717, 1.165) is 12.0 Å². The fourth-order valence-corrected chi connectivity index (χ4v) is 2.08. The van der Waals surface area contributed by atoms with Gasteiger partial charge in [-0.3, -0.25) is 0 Å². The van der Waals surface area contributed by atoms with Crippen LogP contribution in [-0.2, 0) is 11.2 Å². The van der Waals surface area contributed by atoms with Gasteiger partial charge in [-0.05, 0) is 26.0 Å². The molecule has 2 unspecified atom stereocenters. The van der Waals surface area contributed by atoms with Crippen molar-refractivity contribution in [1.82, 2.24) is 0 Å². The highest BCUT2D eigenvalue weighted by Gasteiger charge is 2.27. The molecule has 2 rings (SSSR count). The minimum atomic E-state index is -1.60. The van der Waals surface area contributed by atoms with Crippen molar-refractivity contribution in [2.45, 2.75) is 32.5 Å². The number of aliphatic hydroxyl groups is 1. The Balaban J connectivity index is 2.44. The van der Waals surface area contributed by atoms with Crippen LogP contribution in [0.1, 0.15) is 31.1 Å². The molecule has 5 nitrogen and oxygen atoms in total. The number of aliphatic hydroxyl groups excluding tert-OH is 1. The number of hydrogen-bond donors (Lipinski definition) is 2. The van der Waals surface area contributed by atoms with E-state index in [0.29, 0.717) is 18.1 Å². The summed E-state index contributed by atoms with van der Waals surface area (Å²) in [6, 6.07) is 3.31. The Morgan fingerprint density at radius 3 is 2.94 bits per heavy atom. The van der Waals surface area contributed by atoms with Gasteiger partial charge in [-0.2, -0.15) is 0 Å². The third kappa shape index (κ3) is 2.26. The summed E-state index contributed by atoms with van der Waals surface area (Å²) in [7, 11) is 0. The lowest BCUT2D eigenvalue weighted by Crippen LogP contribution is -2.12. The Bertz CT molecular complexity index is 469. The third-order valence-electron chi connectivity index (χ3n) is 2.86. The fraction of sp³-hybridized carbons (Fsp3) is 0.462. The van der Waals surface area contributed by atoms with E-state index in [1.165, 1.54) is 0 Å². The van der Waals surface area contributed by atoms with E-state index >= 15 is 0 Å². The van der Waals surface area contributed by atoms with Gasteiger partial charge in [0.2, 0.25) is 0 Å². The van der Waals surface area contributed by atoms with Crippen LogP contribution in [0.15, 0.2) is 12.1 Å². The van der Waals surface area contributed by atoms with E-state index in [-0.39, 0.29) is 11.7 Å². The largest absolute Gasteiger partial charge is 0.493 e. The number of hydrogen-bond acceptors (Lipinski definition) is 4. The summed E-state index contributed by atoms with van der Waals surface area (Å²) < 4.78 is 10.9. The zero-order chi connectivity index (χ0) is 13.3. The van der Waals surface area contributed by atoms with E-state index in [1.807, 2.05) is 13.8 Å². The Morgan fingerprint density at radius 2 is 2.33 bits per heavy atom. The highest BCUT2D eigenvalue weighted by molar-refractivity contribution is 5.75. The fourth-order valence-electron chi connectivity index (χ4n) is 2.08. The second kappa shape index (κ2) is 4.86. The predicted molar refractivity (Wildman–Crippen MR) is 64.0 cm³/mol. The number of carboxylic acids is 1. The molecule has 0 bridgehead atoms. The van der Waals surface area contributed by atoms with E-state index in [1.54, 1.807) is 12.1 Å². The smallest absolute Gasteiger partial charge is 0.337 e. The number of benzene rings is 1. The van der Waals surface area contributed by atoms with Crippen LogP contribution >= 0.6 is 0 Å². The van der Waals surface area contributed by atoms with Crippen LogP contribution in [0.2, 0.25) is 0 Å². The summed E-state index contributed by atoms with van der Waals surface area (Å²) in [4.78, 5) is 10.9. The standard InChI is InChI=1S/C13H16O5/c1-3-17-11-5-8-4-7(2)18-10(8)6-9(11)12(14)13(15)16/h5-7,12,14H,3-4H2,1-2H3,(H,15,16). The van der Waals surface area contributed by atoms with E-state index in [9.17, 15) is 9.90 Å². The molecule has 2 atom stereocenters. The zero-order valence-corrected chi connectivity index (χ0v) is 10.3. The number of fused-ring (bicyclic) bond motifs is 1. The normalized spacial score (nSPS) is 18.9. The maximum atomic E-state index is 10.9. The summed E-state index contributed by atoms with van der Waals surface area (Å²) in [5, 5.41) is 18.5. The van der Waals surface area contributed by atoms with Crippen molar-refractivity contribution in [3.05, 3.63) is 23.3 Å². The van der Waals surface area contributed by atoms with Gasteiger partial charge in [-0.25, -0.2) is 4.79 Å². The molecule has 18 heavy (non-hydrogen) atoms. The van der Waals surface area contributed by atoms with Crippen LogP contribution < -0.4 is 9.47 Å². The molecule has 0 radical (unpaired) electrons. The van der Waals surface area contributed by atoms with Crippen LogP contribution in [0.3, 0.4) is 0 Å². The molecular weight excluding hydrogens is 236 g/mol. The molecule has 1 aromatic carbocycles. The van der Waals surface area contributed by atoms with Crippen LogP contribution in [0, 0.1) is 0 Å². The Labute approximate surface area is 105 Å². The second-order valence-electron chi connectivity index (χ2n) is 4.30. The first-order valence-corrected chi connectivity index (χ1v) is 5.90. The molecule has 0 aliphatic carbocycles. The lowest BCUT2D eigenvalue weighted by atomic mass is 10.0. The Kier molecular flexibility index (Phi) is 3.43. The lowest BCUT2D eigenvalue weighted by Gasteiger charge is -2.14. The van der Waals surface area contributed by atoms with Crippen molar-refractivity contribution in [2.24, 2.45) is 0 Å². The average Bonchev–Trinajstić information content (AvgIpc) is 2.66. The van der Waals surface area contributed by atoms with Crippen molar-refractivity contribution >= 4 is 5.97 Å². The predicted octanol–water partition coefficient (Wildman–Crippen LogP) is 1.53. The topological polar surface area (TPSA) is 76.0 Å². The molecule has 0 fully saturated rings. The van der Waals surface area contributed by atoms with Gasteiger partial charge in [0.25, 0.3) is 0 Å². The minimum Gasteiger partial charge on any atom is -0.493 e. The minimum absolute atomic E-state index is 0.0618. The molecule has 1 aromatic rings.